The third-order valence-corrected chi connectivity index (χ3v) is 8.18. The number of amides is 1. The lowest BCUT2D eigenvalue weighted by Gasteiger charge is -2.34. The van der Waals surface area contributed by atoms with Gasteiger partial charge in [-0.25, -0.2) is 0 Å². The number of aromatic nitrogens is 2. The average molecular weight is 561 g/mol. The molecule has 40 heavy (non-hydrogen) atoms. The Labute approximate surface area is 239 Å². The highest BCUT2D eigenvalue weighted by atomic mass is 35.5. The number of H-pyrrole nitrogens is 1. The Bertz CT molecular complexity index is 1490. The fourth-order valence-electron chi connectivity index (χ4n) is 5.82. The molecule has 3 heterocycles. The van der Waals surface area contributed by atoms with Gasteiger partial charge >= 0.3 is 0 Å². The number of likely N-dealkylation sites (tertiary alicyclic amines) is 1. The number of halogens is 1. The number of aryl methyl sites for hydroxylation is 1. The van der Waals surface area contributed by atoms with Gasteiger partial charge in [-0.2, -0.15) is 0 Å². The summed E-state index contributed by atoms with van der Waals surface area (Å²) in [4.78, 5) is 29.4. The van der Waals surface area contributed by atoms with Gasteiger partial charge in [-0.3, -0.25) is 9.59 Å². The monoisotopic (exact) mass is 560 g/mol. The molecule has 2 aromatic carbocycles. The Hall–Kier alpha value is -3.39. The van der Waals surface area contributed by atoms with Gasteiger partial charge in [-0.15, -0.1) is 0 Å². The minimum absolute atomic E-state index is 0.113. The van der Waals surface area contributed by atoms with E-state index in [-0.39, 0.29) is 23.4 Å². The number of fused-ring (bicyclic) bond motifs is 1. The minimum atomic E-state index is -0.258. The van der Waals surface area contributed by atoms with Crippen LogP contribution >= 0.6 is 11.6 Å². The lowest BCUT2D eigenvalue weighted by atomic mass is 9.93. The summed E-state index contributed by atoms with van der Waals surface area (Å²) in [6, 6.07) is 19.4. The Kier molecular flexibility index (Phi) is 9.04. The molecule has 1 saturated heterocycles. The molecule has 3 N–H and O–H groups in total. The zero-order valence-electron chi connectivity index (χ0n) is 22.9. The second kappa shape index (κ2) is 12.9. The van der Waals surface area contributed by atoms with Gasteiger partial charge < -0.3 is 24.9 Å². The van der Waals surface area contributed by atoms with E-state index in [9.17, 15) is 9.59 Å². The molecule has 0 bridgehead atoms. The molecule has 0 aliphatic carbocycles. The van der Waals surface area contributed by atoms with Crippen molar-refractivity contribution in [2.24, 2.45) is 5.73 Å². The first-order valence-electron chi connectivity index (χ1n) is 14.0. The van der Waals surface area contributed by atoms with E-state index >= 15 is 0 Å². The van der Waals surface area contributed by atoms with E-state index in [0.29, 0.717) is 26.0 Å². The largest absolute Gasteiger partial charge is 0.385 e. The number of hydrogen-bond acceptors (Lipinski definition) is 4. The highest BCUT2D eigenvalue weighted by Crippen LogP contribution is 2.35. The van der Waals surface area contributed by atoms with Crippen molar-refractivity contribution >= 4 is 28.4 Å². The molecule has 0 radical (unpaired) electrons. The molecule has 5 rings (SSSR count). The predicted molar refractivity (Wildman–Crippen MR) is 161 cm³/mol. The number of nitrogens with two attached hydrogens (primary N) is 1. The number of carbonyl (C=O) groups is 1. The van der Waals surface area contributed by atoms with Crippen LogP contribution in [0.25, 0.3) is 22.0 Å². The molecule has 1 fully saturated rings. The summed E-state index contributed by atoms with van der Waals surface area (Å²) >= 11 is 6.56. The molecular weight excluding hydrogens is 524 g/mol. The number of carbonyl (C=O) groups excluding carboxylic acids is 1. The van der Waals surface area contributed by atoms with Gasteiger partial charge in [-0.05, 0) is 66.6 Å². The second-order valence-corrected chi connectivity index (χ2v) is 11.1. The van der Waals surface area contributed by atoms with Gasteiger partial charge in [0.25, 0.3) is 0 Å². The molecule has 8 heteroatoms. The number of nitrogens with one attached hydrogen (secondary N) is 1. The SMILES string of the molecule is COCCCn1c(C2CCCN(C(=O)CC(N)Cc3ccc(-c4ccc(=O)[nH]c4)cc3)C2)cc2c(Cl)cccc21. The molecule has 0 spiro atoms. The van der Waals surface area contributed by atoms with E-state index in [1.165, 1.54) is 11.8 Å². The van der Waals surface area contributed by atoms with Crippen molar-refractivity contribution in [3.8, 4) is 11.1 Å². The van der Waals surface area contributed by atoms with Crippen LogP contribution in [0.1, 0.15) is 42.9 Å². The Morgan fingerprint density at radius 2 is 1.95 bits per heavy atom. The lowest BCUT2D eigenvalue weighted by molar-refractivity contribution is -0.132. The molecule has 1 aliphatic rings. The molecule has 7 nitrogen and oxygen atoms in total. The number of rotatable bonds is 10. The van der Waals surface area contributed by atoms with E-state index in [2.05, 4.69) is 21.7 Å². The summed E-state index contributed by atoms with van der Waals surface area (Å²) in [5.41, 5.74) is 11.8. The number of nitrogens with zero attached hydrogens (tertiary/aromatic N) is 2. The van der Waals surface area contributed by atoms with Crippen LogP contribution in [0.2, 0.25) is 5.02 Å². The van der Waals surface area contributed by atoms with Crippen LogP contribution in [0.15, 0.2) is 71.7 Å². The summed E-state index contributed by atoms with van der Waals surface area (Å²) in [5, 5.41) is 1.82. The van der Waals surface area contributed by atoms with Crippen LogP contribution in [-0.4, -0.2) is 53.2 Å². The molecule has 1 amide bonds. The zero-order valence-corrected chi connectivity index (χ0v) is 23.7. The minimum Gasteiger partial charge on any atom is -0.385 e. The van der Waals surface area contributed by atoms with Crippen LogP contribution in [0.3, 0.4) is 0 Å². The van der Waals surface area contributed by atoms with Crippen molar-refractivity contribution in [3.63, 3.8) is 0 Å². The number of aromatic amines is 1. The molecule has 0 saturated carbocycles. The summed E-state index contributed by atoms with van der Waals surface area (Å²) in [6.45, 7) is 3.00. The van der Waals surface area contributed by atoms with Crippen LogP contribution < -0.4 is 11.3 Å². The lowest BCUT2D eigenvalue weighted by Crippen LogP contribution is -2.42. The van der Waals surface area contributed by atoms with Crippen molar-refractivity contribution in [3.05, 3.63) is 93.5 Å². The van der Waals surface area contributed by atoms with E-state index < -0.39 is 0 Å². The molecule has 2 aromatic heterocycles. The molecule has 1 aliphatic heterocycles. The van der Waals surface area contributed by atoms with Crippen LogP contribution in [0.5, 0.6) is 0 Å². The fourth-order valence-corrected chi connectivity index (χ4v) is 6.04. The predicted octanol–water partition coefficient (Wildman–Crippen LogP) is 5.35. The van der Waals surface area contributed by atoms with Crippen LogP contribution in [0, 0.1) is 0 Å². The van der Waals surface area contributed by atoms with Gasteiger partial charge in [0.15, 0.2) is 0 Å². The highest BCUT2D eigenvalue weighted by molar-refractivity contribution is 6.35. The number of hydrogen-bond donors (Lipinski definition) is 2. The number of methoxy groups -OCH3 is 1. The van der Waals surface area contributed by atoms with Gasteiger partial charge in [0.2, 0.25) is 11.5 Å². The average Bonchev–Trinajstić information content (AvgIpc) is 3.34. The maximum absolute atomic E-state index is 13.3. The summed E-state index contributed by atoms with van der Waals surface area (Å²) < 4.78 is 7.67. The summed E-state index contributed by atoms with van der Waals surface area (Å²) in [6.07, 6.45) is 5.57. The van der Waals surface area contributed by atoms with Crippen LogP contribution in [-0.2, 0) is 22.5 Å². The maximum atomic E-state index is 13.3. The van der Waals surface area contributed by atoms with Crippen LogP contribution in [0.4, 0.5) is 0 Å². The third-order valence-electron chi connectivity index (χ3n) is 7.85. The van der Waals surface area contributed by atoms with Gasteiger partial charge in [0, 0.05) is 85.6 Å². The first-order valence-corrected chi connectivity index (χ1v) is 14.4. The Balaban J connectivity index is 1.23. The van der Waals surface area contributed by atoms with Gasteiger partial charge in [0.1, 0.15) is 0 Å². The highest BCUT2D eigenvalue weighted by Gasteiger charge is 2.28. The number of piperidine rings is 1. The summed E-state index contributed by atoms with van der Waals surface area (Å²) in [5.74, 6) is 0.363. The van der Waals surface area contributed by atoms with E-state index in [1.807, 2.05) is 41.3 Å². The van der Waals surface area contributed by atoms with Crippen molar-refractivity contribution < 1.29 is 9.53 Å². The standard InChI is InChI=1S/C32H37ClN4O3/c1-40-16-4-15-37-29-7-2-6-28(33)27(29)19-30(37)25-5-3-14-36(21-25)32(39)18-26(34)17-22-8-10-23(11-9-22)24-12-13-31(38)35-20-24/h2,6-13,19-20,25-26H,3-5,14-18,21,34H2,1H3,(H,35,38). The first kappa shape index (κ1) is 28.1. The smallest absolute Gasteiger partial charge is 0.247 e. The van der Waals surface area contributed by atoms with Crippen molar-refractivity contribution in [2.45, 2.75) is 50.6 Å². The van der Waals surface area contributed by atoms with Crippen molar-refractivity contribution in [1.82, 2.24) is 14.5 Å². The quantitative estimate of drug-likeness (QED) is 0.256. The molecule has 4 aromatic rings. The normalized spacial score (nSPS) is 16.4. The van der Waals surface area contributed by atoms with Crippen molar-refractivity contribution in [2.75, 3.05) is 26.8 Å². The molecule has 210 valence electrons. The summed E-state index contributed by atoms with van der Waals surface area (Å²) in [7, 11) is 1.73. The molecule has 2 unspecified atom stereocenters. The Morgan fingerprint density at radius 3 is 2.70 bits per heavy atom. The third kappa shape index (κ3) is 6.49. The first-order chi connectivity index (χ1) is 19.4. The number of ether oxygens (including phenoxy) is 1. The number of pyridine rings is 1. The topological polar surface area (TPSA) is 93.3 Å². The Morgan fingerprint density at radius 1 is 1.15 bits per heavy atom. The molecular formula is C32H37ClN4O3. The van der Waals surface area contributed by atoms with Gasteiger partial charge in [0.05, 0.1) is 0 Å². The van der Waals surface area contributed by atoms with E-state index in [1.54, 1.807) is 19.4 Å². The zero-order chi connectivity index (χ0) is 28.1. The molecule has 2 atom stereocenters. The van der Waals surface area contributed by atoms with Gasteiger partial charge in [-0.1, -0.05) is 41.9 Å². The van der Waals surface area contributed by atoms with E-state index in [0.717, 1.165) is 65.0 Å². The number of benzene rings is 2. The maximum Gasteiger partial charge on any atom is 0.247 e. The van der Waals surface area contributed by atoms with E-state index in [4.69, 9.17) is 22.1 Å². The van der Waals surface area contributed by atoms with Crippen molar-refractivity contribution in [1.29, 1.82) is 0 Å². The fraction of sp³-hybridized carbons (Fsp3) is 0.375. The second-order valence-electron chi connectivity index (χ2n) is 10.7.